The molecule has 1 N–H and O–H groups in total. The van der Waals surface area contributed by atoms with Gasteiger partial charge >= 0.3 is 0 Å². The van der Waals surface area contributed by atoms with E-state index < -0.39 is 12.1 Å². The molecule has 0 aliphatic carbocycles. The second-order valence-electron chi connectivity index (χ2n) is 4.02. The summed E-state index contributed by atoms with van der Waals surface area (Å²) in [5.74, 6) is -0.175. The standard InChI is InChI=1S/C13H10Cl3N3O2/c1-7(19-13(20)11-6-17-2-3-18-11)21-12-9(15)4-8(14)5-10(12)16/h2-7H,1H3,(H,19,20). The minimum atomic E-state index is -0.671. The number of hydrogen-bond acceptors (Lipinski definition) is 4. The lowest BCUT2D eigenvalue weighted by Gasteiger charge is -2.18. The first-order chi connectivity index (χ1) is 9.97. The van der Waals surface area contributed by atoms with Gasteiger partial charge in [0.05, 0.1) is 16.2 Å². The Morgan fingerprint density at radius 2 is 1.90 bits per heavy atom. The zero-order valence-electron chi connectivity index (χ0n) is 10.8. The molecule has 0 aliphatic heterocycles. The summed E-state index contributed by atoms with van der Waals surface area (Å²) in [5.41, 5.74) is 0.182. The number of amides is 1. The van der Waals surface area contributed by atoms with Crippen LogP contribution in [0.1, 0.15) is 17.4 Å². The summed E-state index contributed by atoms with van der Waals surface area (Å²) in [6, 6.07) is 3.00. The molecule has 2 rings (SSSR count). The van der Waals surface area contributed by atoms with Gasteiger partial charge in [-0.25, -0.2) is 4.98 Å². The third-order valence-corrected chi connectivity index (χ3v) is 3.17. The van der Waals surface area contributed by atoms with E-state index in [-0.39, 0.29) is 21.5 Å². The molecule has 1 heterocycles. The average Bonchev–Trinajstić information content (AvgIpc) is 2.43. The highest BCUT2D eigenvalue weighted by molar-refractivity contribution is 6.40. The maximum atomic E-state index is 11.9. The molecule has 0 aliphatic rings. The van der Waals surface area contributed by atoms with Crippen LogP contribution in [-0.4, -0.2) is 22.1 Å². The van der Waals surface area contributed by atoms with E-state index in [1.165, 1.54) is 30.7 Å². The van der Waals surface area contributed by atoms with Gasteiger partial charge in [-0.15, -0.1) is 0 Å². The van der Waals surface area contributed by atoms with Gasteiger partial charge in [0.2, 0.25) is 0 Å². The number of carbonyl (C=O) groups is 1. The van der Waals surface area contributed by atoms with Gasteiger partial charge in [-0.3, -0.25) is 9.78 Å². The van der Waals surface area contributed by atoms with Gasteiger partial charge in [-0.05, 0) is 19.1 Å². The van der Waals surface area contributed by atoms with Crippen LogP contribution >= 0.6 is 34.8 Å². The van der Waals surface area contributed by atoms with E-state index in [4.69, 9.17) is 39.5 Å². The Balaban J connectivity index is 2.06. The van der Waals surface area contributed by atoms with Crippen molar-refractivity contribution in [2.75, 3.05) is 0 Å². The molecule has 2 aromatic rings. The first-order valence-corrected chi connectivity index (χ1v) is 6.99. The van der Waals surface area contributed by atoms with Crippen LogP contribution < -0.4 is 10.1 Å². The minimum absolute atomic E-state index is 0.182. The second-order valence-corrected chi connectivity index (χ2v) is 5.27. The van der Waals surface area contributed by atoms with E-state index in [1.807, 2.05) is 0 Å². The Morgan fingerprint density at radius 3 is 2.48 bits per heavy atom. The van der Waals surface area contributed by atoms with E-state index in [2.05, 4.69) is 15.3 Å². The molecule has 8 heteroatoms. The molecule has 1 aromatic heterocycles. The normalized spacial score (nSPS) is 11.8. The van der Waals surface area contributed by atoms with Gasteiger partial charge in [0.15, 0.2) is 12.0 Å². The maximum absolute atomic E-state index is 11.9. The first kappa shape index (κ1) is 15.8. The van der Waals surface area contributed by atoms with Crippen molar-refractivity contribution in [2.45, 2.75) is 13.2 Å². The van der Waals surface area contributed by atoms with Crippen molar-refractivity contribution in [1.29, 1.82) is 0 Å². The van der Waals surface area contributed by atoms with Crippen molar-refractivity contribution < 1.29 is 9.53 Å². The lowest BCUT2D eigenvalue weighted by Crippen LogP contribution is -2.37. The maximum Gasteiger partial charge on any atom is 0.274 e. The number of aromatic nitrogens is 2. The molecule has 1 unspecified atom stereocenters. The highest BCUT2D eigenvalue weighted by atomic mass is 35.5. The van der Waals surface area contributed by atoms with Crippen molar-refractivity contribution in [3.8, 4) is 5.75 Å². The SMILES string of the molecule is CC(NC(=O)c1cnccn1)Oc1c(Cl)cc(Cl)cc1Cl. The third-order valence-electron chi connectivity index (χ3n) is 2.39. The second kappa shape index (κ2) is 6.93. The summed E-state index contributed by atoms with van der Waals surface area (Å²) in [4.78, 5) is 19.6. The van der Waals surface area contributed by atoms with Crippen molar-refractivity contribution >= 4 is 40.7 Å². The summed E-state index contributed by atoms with van der Waals surface area (Å²) in [6.07, 6.45) is 3.58. The summed E-state index contributed by atoms with van der Waals surface area (Å²) in [7, 11) is 0. The summed E-state index contributed by atoms with van der Waals surface area (Å²) in [5, 5.41) is 3.51. The number of benzene rings is 1. The fourth-order valence-electron chi connectivity index (χ4n) is 1.52. The minimum Gasteiger partial charge on any atom is -0.468 e. The largest absolute Gasteiger partial charge is 0.468 e. The molecule has 0 radical (unpaired) electrons. The van der Waals surface area contributed by atoms with Crippen LogP contribution in [0.3, 0.4) is 0 Å². The number of halogens is 3. The number of rotatable bonds is 4. The molecule has 1 amide bonds. The molecule has 0 spiro atoms. The lowest BCUT2D eigenvalue weighted by molar-refractivity contribution is 0.0846. The van der Waals surface area contributed by atoms with Gasteiger partial charge < -0.3 is 10.1 Å². The van der Waals surface area contributed by atoms with E-state index in [0.717, 1.165) is 0 Å². The molecule has 1 aromatic carbocycles. The van der Waals surface area contributed by atoms with Gasteiger partial charge in [0, 0.05) is 17.4 Å². The summed E-state index contributed by atoms with van der Waals surface area (Å²) in [6.45, 7) is 1.63. The highest BCUT2D eigenvalue weighted by Crippen LogP contribution is 2.36. The molecule has 0 bridgehead atoms. The van der Waals surface area contributed by atoms with Crippen molar-refractivity contribution in [3.05, 3.63) is 51.5 Å². The highest BCUT2D eigenvalue weighted by Gasteiger charge is 2.16. The molecule has 0 saturated heterocycles. The topological polar surface area (TPSA) is 64.1 Å². The van der Waals surface area contributed by atoms with Crippen LogP contribution in [0, 0.1) is 0 Å². The molecular weight excluding hydrogens is 337 g/mol. The van der Waals surface area contributed by atoms with Gasteiger partial charge in [0.1, 0.15) is 5.69 Å². The number of nitrogens with zero attached hydrogens (tertiary/aromatic N) is 2. The molecule has 0 fully saturated rings. The average molecular weight is 347 g/mol. The van der Waals surface area contributed by atoms with Crippen LogP contribution in [0.15, 0.2) is 30.7 Å². The Kier molecular flexibility index (Phi) is 5.22. The summed E-state index contributed by atoms with van der Waals surface area (Å²) < 4.78 is 5.52. The van der Waals surface area contributed by atoms with Crippen LogP contribution in [0.4, 0.5) is 0 Å². The van der Waals surface area contributed by atoms with Crippen LogP contribution in [0.25, 0.3) is 0 Å². The summed E-state index contributed by atoms with van der Waals surface area (Å²) >= 11 is 17.8. The third kappa shape index (κ3) is 4.20. The van der Waals surface area contributed by atoms with Crippen molar-refractivity contribution in [1.82, 2.24) is 15.3 Å². The fraction of sp³-hybridized carbons (Fsp3) is 0.154. The van der Waals surface area contributed by atoms with Crippen LogP contribution in [0.5, 0.6) is 5.75 Å². The Bertz CT molecular complexity index is 629. The van der Waals surface area contributed by atoms with E-state index in [9.17, 15) is 4.79 Å². The van der Waals surface area contributed by atoms with Crippen LogP contribution in [0.2, 0.25) is 15.1 Å². The van der Waals surface area contributed by atoms with E-state index in [1.54, 1.807) is 6.92 Å². The zero-order valence-corrected chi connectivity index (χ0v) is 13.1. The zero-order chi connectivity index (χ0) is 15.4. The van der Waals surface area contributed by atoms with E-state index in [0.29, 0.717) is 5.02 Å². The molecule has 1 atom stereocenters. The molecule has 0 saturated carbocycles. The van der Waals surface area contributed by atoms with Gasteiger partial charge in [-0.1, -0.05) is 34.8 Å². The number of carbonyl (C=O) groups excluding carboxylic acids is 1. The smallest absolute Gasteiger partial charge is 0.274 e. The van der Waals surface area contributed by atoms with E-state index >= 15 is 0 Å². The Hall–Kier alpha value is -1.56. The van der Waals surface area contributed by atoms with Crippen molar-refractivity contribution in [2.24, 2.45) is 0 Å². The molecule has 110 valence electrons. The van der Waals surface area contributed by atoms with Gasteiger partial charge in [-0.2, -0.15) is 0 Å². The number of hydrogen-bond donors (Lipinski definition) is 1. The van der Waals surface area contributed by atoms with Gasteiger partial charge in [0.25, 0.3) is 5.91 Å². The fourth-order valence-corrected chi connectivity index (χ4v) is 2.43. The predicted molar refractivity (Wildman–Crippen MR) is 81.1 cm³/mol. The lowest BCUT2D eigenvalue weighted by atomic mass is 10.3. The number of nitrogens with one attached hydrogen (secondary N) is 1. The quantitative estimate of drug-likeness (QED) is 0.859. The predicted octanol–water partition coefficient (Wildman–Crippen LogP) is 3.59. The van der Waals surface area contributed by atoms with Crippen molar-refractivity contribution in [3.63, 3.8) is 0 Å². The number of ether oxygens (including phenoxy) is 1. The Morgan fingerprint density at radius 1 is 1.24 bits per heavy atom. The molecule has 21 heavy (non-hydrogen) atoms. The first-order valence-electron chi connectivity index (χ1n) is 5.85. The molecular formula is C13H10Cl3N3O2. The molecule has 5 nitrogen and oxygen atoms in total. The van der Waals surface area contributed by atoms with Crippen LogP contribution in [-0.2, 0) is 0 Å². The Labute approximate surface area is 136 Å². The monoisotopic (exact) mass is 345 g/mol.